The summed E-state index contributed by atoms with van der Waals surface area (Å²) in [6.07, 6.45) is 0. The number of hydrogen-bond donors (Lipinski definition) is 2. The van der Waals surface area contributed by atoms with Crippen molar-refractivity contribution in [2.24, 2.45) is 5.92 Å². The minimum absolute atomic E-state index is 0.125. The normalized spacial score (nSPS) is 13.6. The Bertz CT molecular complexity index is 255. The van der Waals surface area contributed by atoms with Crippen molar-refractivity contribution in [2.75, 3.05) is 6.61 Å². The SMILES string of the molecule is CC(C)[C@H](NC(=O)COC(C)(C)C)C(=O)O. The summed E-state index contributed by atoms with van der Waals surface area (Å²) in [5, 5.41) is 11.3. The molecule has 0 aromatic heterocycles. The highest BCUT2D eigenvalue weighted by molar-refractivity contribution is 5.84. The van der Waals surface area contributed by atoms with E-state index in [9.17, 15) is 9.59 Å². The first-order valence-electron chi connectivity index (χ1n) is 5.29. The fraction of sp³-hybridized carbons (Fsp3) is 0.818. The Morgan fingerprint density at radius 3 is 2.12 bits per heavy atom. The van der Waals surface area contributed by atoms with Crippen molar-refractivity contribution >= 4 is 11.9 Å². The van der Waals surface area contributed by atoms with Gasteiger partial charge in [0.15, 0.2) is 0 Å². The van der Waals surface area contributed by atoms with Crippen molar-refractivity contribution in [2.45, 2.75) is 46.3 Å². The molecule has 2 N–H and O–H groups in total. The molecule has 1 atom stereocenters. The van der Waals surface area contributed by atoms with Crippen LogP contribution in [0.4, 0.5) is 0 Å². The van der Waals surface area contributed by atoms with Crippen LogP contribution in [0.2, 0.25) is 0 Å². The molecule has 0 unspecified atom stereocenters. The second-order valence-electron chi connectivity index (χ2n) is 5.03. The van der Waals surface area contributed by atoms with Crippen LogP contribution in [-0.2, 0) is 14.3 Å². The molecule has 0 radical (unpaired) electrons. The van der Waals surface area contributed by atoms with Gasteiger partial charge >= 0.3 is 5.97 Å². The Labute approximate surface area is 96.2 Å². The van der Waals surface area contributed by atoms with Gasteiger partial charge in [0.2, 0.25) is 5.91 Å². The molecule has 0 rings (SSSR count). The third kappa shape index (κ3) is 6.40. The molecule has 0 saturated heterocycles. The lowest BCUT2D eigenvalue weighted by molar-refractivity contribution is -0.144. The first kappa shape index (κ1) is 14.9. The van der Waals surface area contributed by atoms with Crippen LogP contribution in [0.3, 0.4) is 0 Å². The number of rotatable bonds is 5. The average molecular weight is 231 g/mol. The van der Waals surface area contributed by atoms with Gasteiger partial charge in [-0.1, -0.05) is 13.8 Å². The molecular weight excluding hydrogens is 210 g/mol. The Morgan fingerprint density at radius 1 is 1.31 bits per heavy atom. The highest BCUT2D eigenvalue weighted by atomic mass is 16.5. The molecule has 0 fully saturated rings. The minimum atomic E-state index is -1.03. The smallest absolute Gasteiger partial charge is 0.326 e. The molecule has 0 saturated carbocycles. The lowest BCUT2D eigenvalue weighted by Crippen LogP contribution is -2.46. The quantitative estimate of drug-likeness (QED) is 0.741. The van der Waals surface area contributed by atoms with E-state index in [0.29, 0.717) is 0 Å². The number of carboxylic acids is 1. The number of carbonyl (C=O) groups is 2. The molecule has 0 bridgehead atoms. The van der Waals surface area contributed by atoms with Gasteiger partial charge in [-0.15, -0.1) is 0 Å². The van der Waals surface area contributed by atoms with Crippen molar-refractivity contribution in [1.29, 1.82) is 0 Å². The van der Waals surface area contributed by atoms with Crippen molar-refractivity contribution in [3.8, 4) is 0 Å². The number of carboxylic acid groups (broad SMARTS) is 1. The summed E-state index contributed by atoms with van der Waals surface area (Å²) in [4.78, 5) is 22.2. The summed E-state index contributed by atoms with van der Waals surface area (Å²) < 4.78 is 5.25. The minimum Gasteiger partial charge on any atom is -0.480 e. The van der Waals surface area contributed by atoms with Gasteiger partial charge in [0, 0.05) is 0 Å². The summed E-state index contributed by atoms with van der Waals surface area (Å²) in [6.45, 7) is 8.85. The van der Waals surface area contributed by atoms with Crippen molar-refractivity contribution < 1.29 is 19.4 Å². The lowest BCUT2D eigenvalue weighted by atomic mass is 10.1. The standard InChI is InChI=1S/C11H21NO4/c1-7(2)9(10(14)15)12-8(13)6-16-11(3,4)5/h7,9H,6H2,1-5H3,(H,12,13)(H,14,15)/t9-/m0/s1. The molecule has 5 nitrogen and oxygen atoms in total. The Kier molecular flexibility index (Phi) is 5.44. The molecule has 1 amide bonds. The van der Waals surface area contributed by atoms with Crippen LogP contribution in [0, 0.1) is 5.92 Å². The molecule has 0 aliphatic carbocycles. The summed E-state index contributed by atoms with van der Waals surface area (Å²) in [5.74, 6) is -1.59. The van der Waals surface area contributed by atoms with Crippen molar-refractivity contribution in [3.63, 3.8) is 0 Å². The summed E-state index contributed by atoms with van der Waals surface area (Å²) in [5.41, 5.74) is -0.409. The van der Waals surface area contributed by atoms with Crippen LogP contribution < -0.4 is 5.32 Å². The molecule has 94 valence electrons. The van der Waals surface area contributed by atoms with Crippen LogP contribution in [-0.4, -0.2) is 35.2 Å². The van der Waals surface area contributed by atoms with E-state index in [-0.39, 0.29) is 12.5 Å². The predicted molar refractivity (Wildman–Crippen MR) is 60.1 cm³/mol. The van der Waals surface area contributed by atoms with Gasteiger partial charge in [-0.25, -0.2) is 4.79 Å². The zero-order valence-electron chi connectivity index (χ0n) is 10.5. The highest BCUT2D eigenvalue weighted by Gasteiger charge is 2.24. The third-order valence-electron chi connectivity index (χ3n) is 1.89. The Hall–Kier alpha value is -1.10. The zero-order valence-corrected chi connectivity index (χ0v) is 10.5. The monoisotopic (exact) mass is 231 g/mol. The van der Waals surface area contributed by atoms with Crippen molar-refractivity contribution in [3.05, 3.63) is 0 Å². The van der Waals surface area contributed by atoms with Crippen LogP contribution in [0.1, 0.15) is 34.6 Å². The van der Waals surface area contributed by atoms with Crippen LogP contribution in [0.25, 0.3) is 0 Å². The summed E-state index contributed by atoms with van der Waals surface area (Å²) in [7, 11) is 0. The first-order chi connectivity index (χ1) is 7.13. The second kappa shape index (κ2) is 5.84. The molecule has 5 heteroatoms. The number of ether oxygens (including phenoxy) is 1. The third-order valence-corrected chi connectivity index (χ3v) is 1.89. The van der Waals surface area contributed by atoms with Gasteiger partial charge in [-0.2, -0.15) is 0 Å². The van der Waals surface area contributed by atoms with Gasteiger partial charge < -0.3 is 15.2 Å². The molecular formula is C11H21NO4. The Morgan fingerprint density at radius 2 is 1.81 bits per heavy atom. The van der Waals surface area contributed by atoms with Gasteiger partial charge in [-0.05, 0) is 26.7 Å². The van der Waals surface area contributed by atoms with E-state index in [0.717, 1.165) is 0 Å². The Balaban J connectivity index is 4.17. The fourth-order valence-electron chi connectivity index (χ4n) is 1.01. The summed E-state index contributed by atoms with van der Waals surface area (Å²) in [6, 6.07) is -0.865. The topological polar surface area (TPSA) is 75.6 Å². The lowest BCUT2D eigenvalue weighted by Gasteiger charge is -2.21. The highest BCUT2D eigenvalue weighted by Crippen LogP contribution is 2.06. The van der Waals surface area contributed by atoms with Gasteiger partial charge in [0.05, 0.1) is 5.60 Å². The maximum atomic E-state index is 11.4. The van der Waals surface area contributed by atoms with Crippen LogP contribution in [0.15, 0.2) is 0 Å². The van der Waals surface area contributed by atoms with Crippen LogP contribution in [0.5, 0.6) is 0 Å². The molecule has 0 aromatic rings. The van der Waals surface area contributed by atoms with E-state index in [1.807, 2.05) is 20.8 Å². The second-order valence-corrected chi connectivity index (χ2v) is 5.03. The molecule has 0 aliphatic heterocycles. The van der Waals surface area contributed by atoms with E-state index in [2.05, 4.69) is 5.32 Å². The molecule has 0 spiro atoms. The zero-order chi connectivity index (χ0) is 12.9. The maximum absolute atomic E-state index is 11.4. The van der Waals surface area contributed by atoms with E-state index in [1.54, 1.807) is 13.8 Å². The summed E-state index contributed by atoms with van der Waals surface area (Å²) >= 11 is 0. The molecule has 16 heavy (non-hydrogen) atoms. The molecule has 0 heterocycles. The van der Waals surface area contributed by atoms with E-state index < -0.39 is 23.5 Å². The predicted octanol–water partition coefficient (Wildman–Crippen LogP) is 1.03. The number of hydrogen-bond acceptors (Lipinski definition) is 3. The first-order valence-corrected chi connectivity index (χ1v) is 5.29. The van der Waals surface area contributed by atoms with Crippen LogP contribution >= 0.6 is 0 Å². The van der Waals surface area contributed by atoms with Gasteiger partial charge in [0.25, 0.3) is 0 Å². The fourth-order valence-corrected chi connectivity index (χ4v) is 1.01. The largest absolute Gasteiger partial charge is 0.480 e. The number of nitrogens with one attached hydrogen (secondary N) is 1. The number of amides is 1. The average Bonchev–Trinajstić information content (AvgIpc) is 2.08. The maximum Gasteiger partial charge on any atom is 0.326 e. The molecule has 0 aliphatic rings. The number of carbonyl (C=O) groups excluding carboxylic acids is 1. The van der Waals surface area contributed by atoms with E-state index >= 15 is 0 Å². The van der Waals surface area contributed by atoms with Crippen molar-refractivity contribution in [1.82, 2.24) is 5.32 Å². The van der Waals surface area contributed by atoms with E-state index in [4.69, 9.17) is 9.84 Å². The van der Waals surface area contributed by atoms with Gasteiger partial charge in [-0.3, -0.25) is 4.79 Å². The van der Waals surface area contributed by atoms with E-state index in [1.165, 1.54) is 0 Å². The molecule has 0 aromatic carbocycles. The van der Waals surface area contributed by atoms with Gasteiger partial charge in [0.1, 0.15) is 12.6 Å². The number of aliphatic carboxylic acids is 1.